The van der Waals surface area contributed by atoms with Gasteiger partial charge in [0.25, 0.3) is 5.56 Å². The number of aliphatic hydroxyl groups is 2. The molecule has 1 aromatic rings. The molecule has 42 heavy (non-hydrogen) atoms. The fourth-order valence-electron chi connectivity index (χ4n) is 6.74. The Morgan fingerprint density at radius 2 is 1.74 bits per heavy atom. The zero-order valence-electron chi connectivity index (χ0n) is 21.4. The number of fused-ring (bicyclic) bond motifs is 4. The summed E-state index contributed by atoms with van der Waals surface area (Å²) in [6, 6.07) is 2.31. The van der Waals surface area contributed by atoms with Crippen LogP contribution in [0.25, 0.3) is 11.5 Å². The first kappa shape index (κ1) is 27.7. The maximum absolute atomic E-state index is 14.0. The molecule has 6 rings (SSSR count). The zero-order chi connectivity index (χ0) is 30.4. The normalized spacial score (nSPS) is 24.3. The van der Waals surface area contributed by atoms with E-state index in [0.29, 0.717) is 5.56 Å². The number of H-pyrrole nitrogens is 1. The van der Waals surface area contributed by atoms with Crippen molar-refractivity contribution in [1.29, 1.82) is 0 Å². The Morgan fingerprint density at radius 3 is 2.36 bits per heavy atom. The van der Waals surface area contributed by atoms with Crippen LogP contribution < -0.4 is 53.6 Å². The number of ether oxygens (including phenoxy) is 1. The maximum atomic E-state index is 14.0. The van der Waals surface area contributed by atoms with Gasteiger partial charge in [-0.15, -0.1) is 0 Å². The molecule has 6 N–H and O–H groups in total. The fraction of sp³-hybridized carbons (Fsp3) is 0.259. The third-order valence-electron chi connectivity index (χ3n) is 8.40. The highest BCUT2D eigenvalue weighted by molar-refractivity contribution is 9.09. The van der Waals surface area contributed by atoms with E-state index < -0.39 is 93.3 Å². The number of carbonyl (C=O) groups is 1. The van der Waals surface area contributed by atoms with Gasteiger partial charge < -0.3 is 25.7 Å². The topological polar surface area (TPSA) is 218 Å². The molecule has 1 fully saturated rings. The number of carbonyl (C=O) groups excluding carboxylic acids is 1. The molecule has 3 unspecified atom stereocenters. The van der Waals surface area contributed by atoms with Gasteiger partial charge in [-0.1, -0.05) is 15.9 Å². The van der Waals surface area contributed by atoms with Crippen LogP contribution in [0.1, 0.15) is 39.3 Å². The van der Waals surface area contributed by atoms with Crippen molar-refractivity contribution in [2.24, 2.45) is 28.1 Å². The minimum atomic E-state index is -1.94. The lowest BCUT2D eigenvalue weighted by Crippen LogP contribution is -2.51. The molecule has 214 valence electrons. The SMILES string of the molecule is COc1cc(=O)c2c(=O)c3c(c(=O)c=2c1=O)=C(O)[C@]1(CCC2C(Br)c4cc(C=NNC(N)=S)[nH]c(=O)c4C(=O)C21)C=3O. The first-order valence-corrected chi connectivity index (χ1v) is 13.8. The molecule has 0 bridgehead atoms. The number of pyridine rings is 1. The van der Waals surface area contributed by atoms with Gasteiger partial charge >= 0.3 is 0 Å². The van der Waals surface area contributed by atoms with E-state index in [1.54, 1.807) is 0 Å². The molecular formula is C27H19BrN4O9S. The smallest absolute Gasteiger partial charge is 0.259 e. The van der Waals surface area contributed by atoms with Crippen LogP contribution in [0.5, 0.6) is 5.75 Å². The Labute approximate surface area is 246 Å². The van der Waals surface area contributed by atoms with Crippen molar-refractivity contribution in [3.63, 3.8) is 0 Å². The lowest BCUT2D eigenvalue weighted by Gasteiger charge is -2.38. The Kier molecular flexibility index (Phi) is 6.09. The van der Waals surface area contributed by atoms with E-state index in [1.165, 1.54) is 12.3 Å². The molecule has 5 aliphatic carbocycles. The van der Waals surface area contributed by atoms with E-state index >= 15 is 0 Å². The van der Waals surface area contributed by atoms with E-state index in [4.69, 9.17) is 10.5 Å². The van der Waals surface area contributed by atoms with Gasteiger partial charge in [-0.2, -0.15) is 5.10 Å². The van der Waals surface area contributed by atoms with Gasteiger partial charge in [0, 0.05) is 16.8 Å². The van der Waals surface area contributed by atoms with Gasteiger partial charge in [-0.25, -0.2) is 0 Å². The maximum Gasteiger partial charge on any atom is 0.259 e. The third-order valence-corrected chi connectivity index (χ3v) is 9.67. The average molecular weight is 655 g/mol. The number of hydrogen-bond acceptors (Lipinski definition) is 11. The largest absolute Gasteiger partial charge is 0.510 e. The van der Waals surface area contributed by atoms with Gasteiger partial charge in [-0.05, 0) is 42.6 Å². The van der Waals surface area contributed by atoms with Crippen LogP contribution in [0.15, 0.2) is 41.2 Å². The van der Waals surface area contributed by atoms with Crippen molar-refractivity contribution < 1.29 is 19.7 Å². The predicted molar refractivity (Wildman–Crippen MR) is 156 cm³/mol. The van der Waals surface area contributed by atoms with Gasteiger partial charge in [0.05, 0.1) is 50.9 Å². The molecule has 1 aromatic heterocycles. The molecule has 0 amide bonds. The van der Waals surface area contributed by atoms with E-state index in [0.717, 1.165) is 13.2 Å². The third kappa shape index (κ3) is 3.40. The monoisotopic (exact) mass is 654 g/mol. The van der Waals surface area contributed by atoms with Crippen LogP contribution in [0, 0.1) is 27.7 Å². The second-order valence-electron chi connectivity index (χ2n) is 10.3. The molecule has 1 heterocycles. The number of alkyl halides is 1. The number of halogens is 1. The lowest BCUT2D eigenvalue weighted by molar-refractivity contribution is 0.0788. The minimum absolute atomic E-state index is 0.0758. The number of methoxy groups -OCH3 is 1. The Bertz CT molecular complexity index is 2290. The molecule has 13 nitrogen and oxygen atoms in total. The molecule has 0 radical (unpaired) electrons. The number of aromatic amines is 1. The van der Waals surface area contributed by atoms with E-state index in [-0.39, 0.29) is 29.2 Å². The van der Waals surface area contributed by atoms with Crippen molar-refractivity contribution in [3.8, 4) is 5.75 Å². The number of nitrogens with one attached hydrogen (secondary N) is 2. The van der Waals surface area contributed by atoms with Crippen molar-refractivity contribution in [3.05, 3.63) is 101 Å². The zero-order valence-corrected chi connectivity index (χ0v) is 23.8. The number of nitrogens with two attached hydrogens (primary N) is 1. The Morgan fingerprint density at radius 1 is 1.10 bits per heavy atom. The van der Waals surface area contributed by atoms with Crippen molar-refractivity contribution in [2.75, 3.05) is 7.11 Å². The summed E-state index contributed by atoms with van der Waals surface area (Å²) < 4.78 is 4.89. The second-order valence-corrected chi connectivity index (χ2v) is 11.7. The van der Waals surface area contributed by atoms with E-state index in [2.05, 4.69) is 43.7 Å². The molecule has 15 heteroatoms. The molecule has 0 aliphatic heterocycles. The quantitative estimate of drug-likeness (QED) is 0.0922. The van der Waals surface area contributed by atoms with Gasteiger partial charge in [0.1, 0.15) is 11.5 Å². The first-order valence-electron chi connectivity index (χ1n) is 12.5. The lowest BCUT2D eigenvalue weighted by atomic mass is 9.66. The number of Topliss-reactive ketones (excluding diaryl/α,β-unsaturated/α-hetero) is 1. The summed E-state index contributed by atoms with van der Waals surface area (Å²) in [5.41, 5.74) is 1.07. The minimum Gasteiger partial charge on any atom is -0.510 e. The summed E-state index contributed by atoms with van der Waals surface area (Å²) >= 11 is 8.27. The number of hydrazone groups is 1. The number of thiocarbonyl (C=S) groups is 1. The molecular weight excluding hydrogens is 636 g/mol. The first-order chi connectivity index (χ1) is 19.9. The number of ketones is 1. The van der Waals surface area contributed by atoms with Crippen LogP contribution in [0.2, 0.25) is 0 Å². The summed E-state index contributed by atoms with van der Waals surface area (Å²) in [4.78, 5) is 82.0. The number of rotatable bonds is 3. The summed E-state index contributed by atoms with van der Waals surface area (Å²) in [5, 5.41) is 24.1. The summed E-state index contributed by atoms with van der Waals surface area (Å²) in [6.45, 7) is 0. The van der Waals surface area contributed by atoms with Crippen molar-refractivity contribution in [2.45, 2.75) is 17.7 Å². The van der Waals surface area contributed by atoms with Gasteiger partial charge in [-0.3, -0.25) is 34.2 Å². The average Bonchev–Trinajstić information content (AvgIpc) is 3.44. The standard InChI is InChI=1S/C27H19BrN4O9S/c1-41-11-5-10(33)13-14(19(11)34)21(36)16-15(20(13)35)23(38)27(24(16)39)3-2-8-17(27)22(37)12-9(18(8)28)4-7(31-25(12)40)6-30-32-26(29)42/h4-6,8,17-18,38-39H,2-3H2,1H3,(H,31,40)(H3,29,32,42)/t8?,17?,18?,27-/m0/s1. The van der Waals surface area contributed by atoms with Crippen LogP contribution >= 0.6 is 28.1 Å². The number of aliphatic hydroxyl groups excluding tert-OH is 2. The molecule has 0 aromatic carbocycles. The molecule has 4 atom stereocenters. The number of nitrogens with zero attached hydrogens (tertiary/aromatic N) is 1. The highest BCUT2D eigenvalue weighted by atomic mass is 79.9. The highest BCUT2D eigenvalue weighted by Gasteiger charge is 2.63. The van der Waals surface area contributed by atoms with Crippen LogP contribution in [0.4, 0.5) is 0 Å². The Balaban J connectivity index is 1.62. The molecule has 5 aliphatic rings. The van der Waals surface area contributed by atoms with Crippen LogP contribution in [-0.2, 0) is 0 Å². The van der Waals surface area contributed by atoms with Gasteiger partial charge in [0.2, 0.25) is 16.3 Å². The predicted octanol–water partition coefficient (Wildman–Crippen LogP) is -1.72. The number of hydrogen-bond donors (Lipinski definition) is 5. The molecule has 1 saturated carbocycles. The van der Waals surface area contributed by atoms with Crippen LogP contribution in [0.3, 0.4) is 0 Å². The van der Waals surface area contributed by atoms with E-state index in [1.807, 2.05) is 0 Å². The second kappa shape index (κ2) is 9.25. The summed E-state index contributed by atoms with van der Waals surface area (Å²) in [5.74, 6) is -4.57. The summed E-state index contributed by atoms with van der Waals surface area (Å²) in [7, 11) is 1.11. The number of aromatic nitrogens is 1. The highest BCUT2D eigenvalue weighted by Crippen LogP contribution is 2.63. The van der Waals surface area contributed by atoms with Crippen molar-refractivity contribution >= 4 is 56.8 Å². The van der Waals surface area contributed by atoms with Crippen molar-refractivity contribution in [1.82, 2.24) is 10.4 Å². The van der Waals surface area contributed by atoms with E-state index in [9.17, 15) is 39.0 Å². The Hall–Kier alpha value is -4.50. The van der Waals surface area contributed by atoms with Crippen LogP contribution in [-0.4, -0.2) is 39.4 Å². The fourth-order valence-corrected chi connectivity index (χ4v) is 7.72. The molecule has 1 spiro atoms. The van der Waals surface area contributed by atoms with Gasteiger partial charge in [0.15, 0.2) is 22.1 Å². The molecule has 0 saturated heterocycles. The summed E-state index contributed by atoms with van der Waals surface area (Å²) in [6.07, 6.45) is 1.40.